The van der Waals surface area contributed by atoms with Gasteiger partial charge in [-0.25, -0.2) is 0 Å². The minimum atomic E-state index is -0.223. The fourth-order valence-corrected chi connectivity index (χ4v) is 2.37. The van der Waals surface area contributed by atoms with Gasteiger partial charge < -0.3 is 4.90 Å². The maximum atomic E-state index is 12.0. The van der Waals surface area contributed by atoms with Crippen molar-refractivity contribution in [2.24, 2.45) is 5.41 Å². The third-order valence-electron chi connectivity index (χ3n) is 4.05. The van der Waals surface area contributed by atoms with E-state index >= 15 is 0 Å². The number of ketones is 1. The molecule has 0 spiro atoms. The SMILES string of the molecule is CN(CC(=O)C(C)(C)C)CC1(N(C)C)CCC1. The first kappa shape index (κ1) is 14.7. The Kier molecular flexibility index (Phi) is 4.37. The zero-order valence-corrected chi connectivity index (χ0v) is 12.3. The van der Waals surface area contributed by atoms with E-state index in [1.54, 1.807) is 0 Å². The fraction of sp³-hybridized carbons (Fsp3) is 0.929. The van der Waals surface area contributed by atoms with Crippen molar-refractivity contribution in [2.45, 2.75) is 45.6 Å². The molecule has 1 rings (SSSR count). The van der Waals surface area contributed by atoms with Crippen LogP contribution >= 0.6 is 0 Å². The molecule has 1 aliphatic rings. The van der Waals surface area contributed by atoms with E-state index in [0.29, 0.717) is 17.9 Å². The molecule has 1 saturated carbocycles. The summed E-state index contributed by atoms with van der Waals surface area (Å²) in [6.07, 6.45) is 3.83. The van der Waals surface area contributed by atoms with Crippen LogP contribution in [0, 0.1) is 5.41 Å². The molecular formula is C14H28N2O. The van der Waals surface area contributed by atoms with Crippen LogP contribution in [0.15, 0.2) is 0 Å². The Hall–Kier alpha value is -0.410. The van der Waals surface area contributed by atoms with Crippen LogP contribution in [0.25, 0.3) is 0 Å². The van der Waals surface area contributed by atoms with Crippen LogP contribution in [0.2, 0.25) is 0 Å². The van der Waals surface area contributed by atoms with Gasteiger partial charge in [0, 0.05) is 17.5 Å². The molecule has 0 aromatic heterocycles. The molecule has 0 radical (unpaired) electrons. The van der Waals surface area contributed by atoms with E-state index in [0.717, 1.165) is 6.54 Å². The van der Waals surface area contributed by atoms with E-state index in [4.69, 9.17) is 0 Å². The highest BCUT2D eigenvalue weighted by Gasteiger charge is 2.40. The van der Waals surface area contributed by atoms with Crippen molar-refractivity contribution in [3.63, 3.8) is 0 Å². The highest BCUT2D eigenvalue weighted by Crippen LogP contribution is 2.36. The monoisotopic (exact) mass is 240 g/mol. The Balaban J connectivity index is 2.49. The van der Waals surface area contributed by atoms with Crippen LogP contribution < -0.4 is 0 Å². The molecule has 0 heterocycles. The van der Waals surface area contributed by atoms with Gasteiger partial charge >= 0.3 is 0 Å². The summed E-state index contributed by atoms with van der Waals surface area (Å²) in [6, 6.07) is 0. The molecule has 0 aliphatic heterocycles. The Morgan fingerprint density at radius 3 is 2.00 bits per heavy atom. The standard InChI is InChI=1S/C14H28N2O/c1-13(2,3)12(17)10-16(6)11-14(15(4)5)8-7-9-14/h7-11H2,1-6H3. The lowest BCUT2D eigenvalue weighted by atomic mass is 9.75. The van der Waals surface area contributed by atoms with Gasteiger partial charge in [0.05, 0.1) is 6.54 Å². The van der Waals surface area contributed by atoms with Crippen molar-refractivity contribution >= 4 is 5.78 Å². The zero-order valence-electron chi connectivity index (χ0n) is 12.3. The van der Waals surface area contributed by atoms with E-state index in [1.807, 2.05) is 20.8 Å². The number of nitrogens with zero attached hydrogens (tertiary/aromatic N) is 2. The number of rotatable bonds is 5. The van der Waals surface area contributed by atoms with E-state index in [1.165, 1.54) is 19.3 Å². The average Bonchev–Trinajstić information content (AvgIpc) is 2.08. The van der Waals surface area contributed by atoms with E-state index in [-0.39, 0.29) is 5.41 Å². The van der Waals surface area contributed by atoms with Gasteiger partial charge in [-0.2, -0.15) is 0 Å². The van der Waals surface area contributed by atoms with E-state index < -0.39 is 0 Å². The number of hydrogen-bond acceptors (Lipinski definition) is 3. The number of Topliss-reactive ketones (excluding diaryl/α,β-unsaturated/α-hetero) is 1. The van der Waals surface area contributed by atoms with Crippen molar-refractivity contribution in [1.29, 1.82) is 0 Å². The van der Waals surface area contributed by atoms with Gasteiger partial charge in [0.15, 0.2) is 5.78 Å². The van der Waals surface area contributed by atoms with Crippen molar-refractivity contribution in [1.82, 2.24) is 9.80 Å². The summed E-state index contributed by atoms with van der Waals surface area (Å²) in [5.74, 6) is 0.327. The average molecular weight is 240 g/mol. The van der Waals surface area contributed by atoms with Gasteiger partial charge in [-0.15, -0.1) is 0 Å². The highest BCUT2D eigenvalue weighted by molar-refractivity contribution is 5.85. The smallest absolute Gasteiger partial charge is 0.152 e. The summed E-state index contributed by atoms with van der Waals surface area (Å²) in [6.45, 7) is 7.55. The molecule has 3 nitrogen and oxygen atoms in total. The second-order valence-electron chi connectivity index (χ2n) is 6.82. The van der Waals surface area contributed by atoms with Crippen molar-refractivity contribution < 1.29 is 4.79 Å². The first-order chi connectivity index (χ1) is 7.67. The maximum Gasteiger partial charge on any atom is 0.152 e. The normalized spacial score (nSPS) is 19.5. The molecule has 3 heteroatoms. The molecule has 1 aliphatic carbocycles. The molecule has 17 heavy (non-hydrogen) atoms. The summed E-state index contributed by atoms with van der Waals surface area (Å²) >= 11 is 0. The number of carbonyl (C=O) groups excluding carboxylic acids is 1. The molecule has 0 unspecified atom stereocenters. The van der Waals surface area contributed by atoms with Crippen molar-refractivity contribution in [2.75, 3.05) is 34.2 Å². The third kappa shape index (κ3) is 3.52. The van der Waals surface area contributed by atoms with Gasteiger partial charge in [0.25, 0.3) is 0 Å². The van der Waals surface area contributed by atoms with Crippen LogP contribution in [0.3, 0.4) is 0 Å². The molecule has 100 valence electrons. The number of carbonyl (C=O) groups is 1. The van der Waals surface area contributed by atoms with Gasteiger partial charge in [-0.3, -0.25) is 9.69 Å². The second-order valence-corrected chi connectivity index (χ2v) is 6.82. The minimum Gasteiger partial charge on any atom is -0.302 e. The summed E-state index contributed by atoms with van der Waals surface area (Å²) in [5, 5.41) is 0. The lowest BCUT2D eigenvalue weighted by Gasteiger charge is -2.49. The van der Waals surface area contributed by atoms with Crippen LogP contribution in [-0.4, -0.2) is 55.4 Å². The van der Waals surface area contributed by atoms with Crippen LogP contribution in [0.5, 0.6) is 0 Å². The molecule has 0 bridgehead atoms. The predicted octanol–water partition coefficient (Wildman–Crippen LogP) is 2.02. The molecule has 1 fully saturated rings. The number of likely N-dealkylation sites (N-methyl/N-ethyl adjacent to an activating group) is 2. The maximum absolute atomic E-state index is 12.0. The first-order valence-corrected chi connectivity index (χ1v) is 6.57. The van der Waals surface area contributed by atoms with E-state index in [9.17, 15) is 4.79 Å². The Morgan fingerprint density at radius 1 is 1.18 bits per heavy atom. The molecule has 0 N–H and O–H groups in total. The van der Waals surface area contributed by atoms with Gasteiger partial charge in [0.1, 0.15) is 0 Å². The summed E-state index contributed by atoms with van der Waals surface area (Å²) in [5.41, 5.74) is 0.0894. The summed E-state index contributed by atoms with van der Waals surface area (Å²) < 4.78 is 0. The van der Waals surface area contributed by atoms with E-state index in [2.05, 4.69) is 30.9 Å². The van der Waals surface area contributed by atoms with Crippen LogP contribution in [-0.2, 0) is 4.79 Å². The topological polar surface area (TPSA) is 23.6 Å². The van der Waals surface area contributed by atoms with Crippen LogP contribution in [0.4, 0.5) is 0 Å². The Bertz CT molecular complexity index is 274. The molecule has 0 amide bonds. The Morgan fingerprint density at radius 2 is 1.71 bits per heavy atom. The Labute approximate surface area is 106 Å². The molecule has 0 aromatic carbocycles. The predicted molar refractivity (Wildman–Crippen MR) is 72.2 cm³/mol. The van der Waals surface area contributed by atoms with Crippen molar-refractivity contribution in [3.8, 4) is 0 Å². The molecular weight excluding hydrogens is 212 g/mol. The van der Waals surface area contributed by atoms with Gasteiger partial charge in [0.2, 0.25) is 0 Å². The largest absolute Gasteiger partial charge is 0.302 e. The first-order valence-electron chi connectivity index (χ1n) is 6.57. The molecule has 0 aromatic rings. The fourth-order valence-electron chi connectivity index (χ4n) is 2.37. The minimum absolute atomic E-state index is 0.223. The number of hydrogen-bond donors (Lipinski definition) is 0. The van der Waals surface area contributed by atoms with Gasteiger partial charge in [-0.05, 0) is 40.4 Å². The lowest BCUT2D eigenvalue weighted by molar-refractivity contribution is -0.127. The quantitative estimate of drug-likeness (QED) is 0.734. The molecule has 0 atom stereocenters. The third-order valence-corrected chi connectivity index (χ3v) is 4.05. The second kappa shape index (κ2) is 5.07. The summed E-state index contributed by atoms with van der Waals surface area (Å²) in [4.78, 5) is 16.5. The molecule has 0 saturated heterocycles. The summed E-state index contributed by atoms with van der Waals surface area (Å²) in [7, 11) is 6.37. The van der Waals surface area contributed by atoms with Crippen molar-refractivity contribution in [3.05, 3.63) is 0 Å². The van der Waals surface area contributed by atoms with Crippen LogP contribution in [0.1, 0.15) is 40.0 Å². The zero-order chi connectivity index (χ0) is 13.3. The van der Waals surface area contributed by atoms with Gasteiger partial charge in [-0.1, -0.05) is 20.8 Å². The highest BCUT2D eigenvalue weighted by atomic mass is 16.1. The lowest BCUT2D eigenvalue weighted by Crippen LogP contribution is -2.57.